The molecule has 2 rings (SSSR count). The van der Waals surface area contributed by atoms with Crippen LogP contribution in [-0.2, 0) is 4.79 Å². The highest BCUT2D eigenvalue weighted by molar-refractivity contribution is 6.44. The highest BCUT2D eigenvalue weighted by Crippen LogP contribution is 2.43. The second-order valence-corrected chi connectivity index (χ2v) is 4.51. The van der Waals surface area contributed by atoms with E-state index in [0.717, 1.165) is 6.42 Å². The van der Waals surface area contributed by atoms with Crippen LogP contribution in [-0.4, -0.2) is 5.78 Å². The van der Waals surface area contributed by atoms with E-state index in [1.54, 1.807) is 12.1 Å². The van der Waals surface area contributed by atoms with Crippen molar-refractivity contribution in [3.8, 4) is 0 Å². The second kappa shape index (κ2) is 3.73. The molecule has 1 aromatic carbocycles. The summed E-state index contributed by atoms with van der Waals surface area (Å²) in [6, 6.07) is 3.32. The monoisotopic (exact) mass is 248 g/mol. The van der Waals surface area contributed by atoms with Gasteiger partial charge in [0.2, 0.25) is 0 Å². The van der Waals surface area contributed by atoms with Crippen molar-refractivity contribution in [2.75, 3.05) is 0 Å². The molecular formula is C10H7Cl3O. The molecule has 0 amide bonds. The van der Waals surface area contributed by atoms with Crippen LogP contribution in [0.15, 0.2) is 12.1 Å². The molecule has 1 aliphatic rings. The predicted molar refractivity (Wildman–Crippen MR) is 58.5 cm³/mol. The fourth-order valence-corrected chi connectivity index (χ4v) is 2.37. The quantitative estimate of drug-likeness (QED) is 0.685. The second-order valence-electron chi connectivity index (χ2n) is 3.31. The minimum Gasteiger partial charge on any atom is -0.299 e. The van der Waals surface area contributed by atoms with Crippen molar-refractivity contribution in [3.63, 3.8) is 0 Å². The summed E-state index contributed by atoms with van der Waals surface area (Å²) in [5.41, 5.74) is 0.692. The third-order valence-corrected chi connectivity index (χ3v) is 3.64. The van der Waals surface area contributed by atoms with E-state index < -0.39 is 0 Å². The summed E-state index contributed by atoms with van der Waals surface area (Å²) in [6.07, 6.45) is 1.43. The minimum absolute atomic E-state index is 0.145. The van der Waals surface area contributed by atoms with E-state index in [0.29, 0.717) is 27.1 Å². The summed E-state index contributed by atoms with van der Waals surface area (Å²) in [6.45, 7) is 0. The number of hydrogen-bond donors (Lipinski definition) is 0. The summed E-state index contributed by atoms with van der Waals surface area (Å²) in [5, 5.41) is 1.39. The maximum atomic E-state index is 11.3. The Kier molecular flexibility index (Phi) is 2.74. The first-order valence-corrected chi connectivity index (χ1v) is 5.40. The van der Waals surface area contributed by atoms with Crippen molar-refractivity contribution >= 4 is 40.6 Å². The fourth-order valence-electron chi connectivity index (χ4n) is 1.57. The largest absolute Gasteiger partial charge is 0.299 e. The first kappa shape index (κ1) is 10.3. The van der Waals surface area contributed by atoms with Gasteiger partial charge in [0.25, 0.3) is 0 Å². The zero-order valence-electron chi connectivity index (χ0n) is 7.19. The zero-order valence-corrected chi connectivity index (χ0v) is 9.46. The number of carbonyl (C=O) groups excluding carboxylic acids is 1. The van der Waals surface area contributed by atoms with Crippen molar-refractivity contribution < 1.29 is 4.79 Å². The minimum atomic E-state index is -0.145. The number of hydrogen-bond acceptors (Lipinski definition) is 1. The molecule has 74 valence electrons. The highest BCUT2D eigenvalue weighted by Gasteiger charge is 2.33. The fraction of sp³-hybridized carbons (Fsp3) is 0.300. The van der Waals surface area contributed by atoms with Gasteiger partial charge in [0, 0.05) is 22.9 Å². The molecule has 1 unspecified atom stereocenters. The Morgan fingerprint density at radius 2 is 1.79 bits per heavy atom. The molecule has 0 spiro atoms. The molecule has 1 atom stereocenters. The number of Topliss-reactive ketones (excluding diaryl/α,β-unsaturated/α-hetero) is 1. The number of halogens is 3. The lowest BCUT2D eigenvalue weighted by atomic mass is 9.78. The van der Waals surface area contributed by atoms with Crippen molar-refractivity contribution in [2.45, 2.75) is 18.8 Å². The Balaban J connectivity index is 2.50. The SMILES string of the molecule is O=C1CCC1c1c(Cl)ccc(Cl)c1Cl. The Morgan fingerprint density at radius 3 is 2.29 bits per heavy atom. The van der Waals surface area contributed by atoms with E-state index in [1.807, 2.05) is 0 Å². The van der Waals surface area contributed by atoms with Crippen LogP contribution in [0.3, 0.4) is 0 Å². The average Bonchev–Trinajstić information content (AvgIpc) is 2.16. The molecule has 1 aromatic rings. The van der Waals surface area contributed by atoms with Gasteiger partial charge in [-0.3, -0.25) is 4.79 Å². The Morgan fingerprint density at radius 1 is 1.14 bits per heavy atom. The van der Waals surface area contributed by atoms with E-state index in [2.05, 4.69) is 0 Å². The third kappa shape index (κ3) is 1.54. The van der Waals surface area contributed by atoms with E-state index >= 15 is 0 Å². The summed E-state index contributed by atoms with van der Waals surface area (Å²) in [7, 11) is 0. The lowest BCUT2D eigenvalue weighted by Crippen LogP contribution is -2.23. The van der Waals surface area contributed by atoms with Gasteiger partial charge in [-0.05, 0) is 18.6 Å². The number of rotatable bonds is 1. The van der Waals surface area contributed by atoms with Gasteiger partial charge in [-0.15, -0.1) is 0 Å². The molecule has 0 radical (unpaired) electrons. The van der Waals surface area contributed by atoms with Crippen molar-refractivity contribution in [3.05, 3.63) is 32.8 Å². The maximum Gasteiger partial charge on any atom is 0.140 e. The molecule has 4 heteroatoms. The standard InChI is InChI=1S/C10H7Cl3O/c11-6-2-3-7(12)10(13)9(6)5-1-4-8(5)14/h2-3,5H,1,4H2. The van der Waals surface area contributed by atoms with Crippen LogP contribution >= 0.6 is 34.8 Å². The molecule has 0 bridgehead atoms. The lowest BCUT2D eigenvalue weighted by Gasteiger charge is -2.26. The molecule has 14 heavy (non-hydrogen) atoms. The van der Waals surface area contributed by atoms with Gasteiger partial charge in [0.05, 0.1) is 10.0 Å². The van der Waals surface area contributed by atoms with Crippen LogP contribution in [0.4, 0.5) is 0 Å². The van der Waals surface area contributed by atoms with Gasteiger partial charge in [0.15, 0.2) is 0 Å². The highest BCUT2D eigenvalue weighted by atomic mass is 35.5. The van der Waals surface area contributed by atoms with Gasteiger partial charge < -0.3 is 0 Å². The van der Waals surface area contributed by atoms with Crippen LogP contribution < -0.4 is 0 Å². The topological polar surface area (TPSA) is 17.1 Å². The van der Waals surface area contributed by atoms with Gasteiger partial charge >= 0.3 is 0 Å². The maximum absolute atomic E-state index is 11.3. The normalized spacial score (nSPS) is 20.8. The first-order chi connectivity index (χ1) is 6.61. The number of ketones is 1. The summed E-state index contributed by atoms with van der Waals surface area (Å²) in [4.78, 5) is 11.3. The van der Waals surface area contributed by atoms with Crippen LogP contribution in [0.2, 0.25) is 15.1 Å². The van der Waals surface area contributed by atoms with Crippen molar-refractivity contribution in [1.29, 1.82) is 0 Å². The lowest BCUT2D eigenvalue weighted by molar-refractivity contribution is -0.125. The van der Waals surface area contributed by atoms with Gasteiger partial charge in [-0.2, -0.15) is 0 Å². The molecule has 1 saturated carbocycles. The van der Waals surface area contributed by atoms with Crippen LogP contribution in [0.25, 0.3) is 0 Å². The molecule has 1 aliphatic carbocycles. The summed E-state index contributed by atoms with van der Waals surface area (Å²) >= 11 is 17.8. The van der Waals surface area contributed by atoms with E-state index in [1.165, 1.54) is 0 Å². The number of benzene rings is 1. The van der Waals surface area contributed by atoms with Crippen LogP contribution in [0.1, 0.15) is 24.3 Å². The van der Waals surface area contributed by atoms with Gasteiger partial charge in [0.1, 0.15) is 5.78 Å². The average molecular weight is 250 g/mol. The van der Waals surface area contributed by atoms with E-state index in [-0.39, 0.29) is 11.7 Å². The smallest absolute Gasteiger partial charge is 0.140 e. The predicted octanol–water partition coefficient (Wildman–Crippen LogP) is 4.09. The summed E-state index contributed by atoms with van der Waals surface area (Å²) < 4.78 is 0. The van der Waals surface area contributed by atoms with Crippen molar-refractivity contribution in [1.82, 2.24) is 0 Å². The van der Waals surface area contributed by atoms with Gasteiger partial charge in [-0.25, -0.2) is 0 Å². The molecular weight excluding hydrogens is 242 g/mol. The van der Waals surface area contributed by atoms with E-state index in [4.69, 9.17) is 34.8 Å². The molecule has 0 N–H and O–H groups in total. The van der Waals surface area contributed by atoms with Crippen LogP contribution in [0, 0.1) is 0 Å². The third-order valence-electron chi connectivity index (χ3n) is 2.50. The van der Waals surface area contributed by atoms with Gasteiger partial charge in [-0.1, -0.05) is 34.8 Å². The first-order valence-electron chi connectivity index (χ1n) is 4.27. The Bertz CT molecular complexity index is 401. The molecule has 0 aromatic heterocycles. The summed E-state index contributed by atoms with van der Waals surface area (Å²) in [5.74, 6) is 0.0461. The Hall–Kier alpha value is -0.240. The van der Waals surface area contributed by atoms with Crippen LogP contribution in [0.5, 0.6) is 0 Å². The molecule has 1 nitrogen and oxygen atoms in total. The molecule has 0 saturated heterocycles. The molecule has 0 aliphatic heterocycles. The molecule has 1 fully saturated rings. The molecule has 0 heterocycles. The zero-order chi connectivity index (χ0) is 10.3. The number of carbonyl (C=O) groups is 1. The van der Waals surface area contributed by atoms with E-state index in [9.17, 15) is 4.79 Å². The Labute approximate surface area is 97.0 Å². The van der Waals surface area contributed by atoms with Crippen molar-refractivity contribution in [2.24, 2.45) is 0 Å².